The lowest BCUT2D eigenvalue weighted by atomic mass is 9.80. The van der Waals surface area contributed by atoms with Gasteiger partial charge < -0.3 is 38.7 Å². The van der Waals surface area contributed by atoms with Crippen molar-refractivity contribution in [1.82, 2.24) is 29.1 Å². The fraction of sp³-hybridized carbons (Fsp3) is 0.250. The van der Waals surface area contributed by atoms with Gasteiger partial charge in [-0.2, -0.15) is 0 Å². The molecule has 2 N–H and O–H groups in total. The van der Waals surface area contributed by atoms with Gasteiger partial charge >= 0.3 is 0 Å². The largest absolute Gasteiger partial charge is 0.497 e. The Kier molecular flexibility index (Phi) is 11.2. The van der Waals surface area contributed by atoms with Crippen molar-refractivity contribution >= 4 is 22.9 Å². The van der Waals surface area contributed by atoms with Crippen LogP contribution in [0.4, 0.5) is 5.82 Å². The second-order valence-electron chi connectivity index (χ2n) is 13.7. The molecule has 7 aromatic rings. The number of rotatable bonds is 15. The van der Waals surface area contributed by atoms with Gasteiger partial charge in [0.05, 0.1) is 33.5 Å². The maximum absolute atomic E-state index is 13.1. The molecule has 1 fully saturated rings. The molecular formula is C44H43N7O7. The number of nitrogens with zero attached hydrogens (tertiary/aromatic N) is 6. The van der Waals surface area contributed by atoms with Crippen LogP contribution in [0.25, 0.3) is 11.2 Å². The summed E-state index contributed by atoms with van der Waals surface area (Å²) in [6, 6.07) is 34.2. The molecule has 4 aromatic carbocycles. The number of aromatic nitrogens is 6. The van der Waals surface area contributed by atoms with Crippen LogP contribution in [0.2, 0.25) is 0 Å². The van der Waals surface area contributed by atoms with Gasteiger partial charge in [0.25, 0.3) is 5.91 Å². The first-order valence-electron chi connectivity index (χ1n) is 18.9. The first kappa shape index (κ1) is 38.4. The molecule has 1 aliphatic rings. The Morgan fingerprint density at radius 3 is 2.09 bits per heavy atom. The smallest absolute Gasteiger partial charge is 0.256 e. The highest BCUT2D eigenvalue weighted by molar-refractivity contribution is 6.06. The molecule has 1 unspecified atom stereocenters. The molecule has 4 heterocycles. The molecule has 0 radical (unpaired) electrons. The lowest BCUT2D eigenvalue weighted by Gasteiger charge is -2.37. The van der Waals surface area contributed by atoms with Crippen molar-refractivity contribution in [1.29, 1.82) is 0 Å². The number of fused-ring (bicyclic) bond motifs is 1. The summed E-state index contributed by atoms with van der Waals surface area (Å²) in [4.78, 5) is 30.8. The number of nitrogens with one attached hydrogen (secondary N) is 1. The van der Waals surface area contributed by atoms with Gasteiger partial charge in [0, 0.05) is 18.0 Å². The average molecular weight is 782 g/mol. The van der Waals surface area contributed by atoms with E-state index in [1.807, 2.05) is 103 Å². The Labute approximate surface area is 335 Å². The lowest BCUT2D eigenvalue weighted by Crippen LogP contribution is -2.40. The molecule has 0 saturated carbocycles. The highest BCUT2D eigenvalue weighted by Gasteiger charge is 2.49. The van der Waals surface area contributed by atoms with Crippen molar-refractivity contribution in [2.75, 3.05) is 26.1 Å². The van der Waals surface area contributed by atoms with Crippen molar-refractivity contribution in [3.8, 4) is 11.5 Å². The second kappa shape index (κ2) is 17.0. The summed E-state index contributed by atoms with van der Waals surface area (Å²) >= 11 is 0. The zero-order valence-electron chi connectivity index (χ0n) is 32.2. The van der Waals surface area contributed by atoms with E-state index in [2.05, 4.69) is 25.3 Å². The summed E-state index contributed by atoms with van der Waals surface area (Å²) < 4.78 is 35.2. The third-order valence-corrected chi connectivity index (χ3v) is 10.4. The molecule has 5 atom stereocenters. The van der Waals surface area contributed by atoms with Crippen LogP contribution in [0, 0.1) is 0 Å². The number of aliphatic hydroxyl groups excluding tert-OH is 1. The van der Waals surface area contributed by atoms with Crippen LogP contribution in [0.15, 0.2) is 141 Å². The van der Waals surface area contributed by atoms with Gasteiger partial charge in [-0.15, -0.1) is 0 Å². The Morgan fingerprint density at radius 2 is 1.48 bits per heavy atom. The first-order chi connectivity index (χ1) is 28.4. The number of aliphatic hydroxyl groups is 1. The highest BCUT2D eigenvalue weighted by Crippen LogP contribution is 2.44. The Balaban J connectivity index is 1.17. The number of benzene rings is 4. The van der Waals surface area contributed by atoms with Crippen LogP contribution < -0.4 is 14.8 Å². The topological polar surface area (TPSA) is 157 Å². The third-order valence-electron chi connectivity index (χ3n) is 10.4. The van der Waals surface area contributed by atoms with E-state index in [0.717, 1.165) is 16.7 Å². The number of hydrogen-bond donors (Lipinski definition) is 2. The van der Waals surface area contributed by atoms with Crippen LogP contribution in [0.5, 0.6) is 11.5 Å². The number of carbonyl (C=O) groups is 1. The standard InChI is InChI=1S/C44H43N7O7/c1-4-36(50-24-23-45-27-50)58-39-38(52)35(57-43(39)51-28-48-37-40(46-26-47-41(37)51)49-42(53)29-11-7-5-8-12-29)25-56-44(30-13-9-6-10-14-30,31-15-19-33(54-2)20-16-31)32-17-21-34(55-3)22-18-32/h5-24,26-28,35-36,38-39,43,52H,4,25H2,1-3H3,(H,46,47,49,53)/t35-,36?,38-,39-,43-/m1/s1. The Morgan fingerprint density at radius 1 is 0.845 bits per heavy atom. The first-order valence-corrected chi connectivity index (χ1v) is 18.9. The van der Waals surface area contributed by atoms with Gasteiger partial charge in [0.2, 0.25) is 0 Å². The maximum atomic E-state index is 13.1. The predicted octanol–water partition coefficient (Wildman–Crippen LogP) is 6.55. The molecule has 0 aliphatic carbocycles. The quantitative estimate of drug-likeness (QED) is 0.109. The average Bonchev–Trinajstić information content (AvgIpc) is 4.04. The number of methoxy groups -OCH3 is 2. The minimum Gasteiger partial charge on any atom is -0.497 e. The van der Waals surface area contributed by atoms with Gasteiger partial charge in [-0.25, -0.2) is 19.9 Å². The van der Waals surface area contributed by atoms with Crippen molar-refractivity contribution < 1.29 is 33.6 Å². The zero-order valence-corrected chi connectivity index (χ0v) is 32.2. The summed E-state index contributed by atoms with van der Waals surface area (Å²) in [6.45, 7) is 1.92. The molecule has 14 heteroatoms. The maximum Gasteiger partial charge on any atom is 0.256 e. The van der Waals surface area contributed by atoms with Gasteiger partial charge in [0.1, 0.15) is 48.0 Å². The third kappa shape index (κ3) is 7.41. The number of hydrogen-bond acceptors (Lipinski definition) is 11. The van der Waals surface area contributed by atoms with E-state index >= 15 is 0 Å². The molecule has 0 bridgehead atoms. The summed E-state index contributed by atoms with van der Waals surface area (Å²) in [5.74, 6) is 1.27. The number of imidazole rings is 2. The number of anilines is 1. The molecule has 8 rings (SSSR count). The molecular weight excluding hydrogens is 739 g/mol. The van der Waals surface area contributed by atoms with E-state index in [1.54, 1.807) is 61.9 Å². The monoisotopic (exact) mass is 781 g/mol. The van der Waals surface area contributed by atoms with E-state index in [0.29, 0.717) is 34.6 Å². The van der Waals surface area contributed by atoms with Crippen molar-refractivity contribution in [2.24, 2.45) is 0 Å². The van der Waals surface area contributed by atoms with Crippen LogP contribution in [0.1, 0.15) is 52.8 Å². The van der Waals surface area contributed by atoms with E-state index in [9.17, 15) is 9.90 Å². The fourth-order valence-electron chi connectivity index (χ4n) is 7.41. The van der Waals surface area contributed by atoms with Gasteiger partial charge in [-0.3, -0.25) is 9.36 Å². The highest BCUT2D eigenvalue weighted by atomic mass is 16.6. The molecule has 58 heavy (non-hydrogen) atoms. The molecule has 1 amide bonds. The molecule has 296 valence electrons. The summed E-state index contributed by atoms with van der Waals surface area (Å²) in [7, 11) is 3.25. The summed E-state index contributed by atoms with van der Waals surface area (Å²) in [5, 5.41) is 15.1. The Hall–Kier alpha value is -6.45. The normalized spacial score (nSPS) is 18.6. The van der Waals surface area contributed by atoms with Crippen LogP contribution >= 0.6 is 0 Å². The van der Waals surface area contributed by atoms with Crippen molar-refractivity contribution in [3.63, 3.8) is 0 Å². The fourth-order valence-corrected chi connectivity index (χ4v) is 7.41. The van der Waals surface area contributed by atoms with E-state index in [4.69, 9.17) is 23.7 Å². The number of amides is 1. The molecule has 0 spiro atoms. The van der Waals surface area contributed by atoms with Crippen LogP contribution in [-0.2, 0) is 19.8 Å². The summed E-state index contributed by atoms with van der Waals surface area (Å²) in [5.41, 5.74) is 2.53. The Bertz CT molecular complexity index is 2360. The minimum atomic E-state index is -1.18. The molecule has 1 aliphatic heterocycles. The molecule has 1 saturated heterocycles. The van der Waals surface area contributed by atoms with Crippen LogP contribution in [-0.4, -0.2) is 79.2 Å². The van der Waals surface area contributed by atoms with Crippen molar-refractivity contribution in [2.45, 2.75) is 49.7 Å². The number of carbonyl (C=O) groups excluding carboxylic acids is 1. The second-order valence-corrected chi connectivity index (χ2v) is 13.7. The molecule has 14 nitrogen and oxygen atoms in total. The predicted molar refractivity (Wildman–Crippen MR) is 214 cm³/mol. The van der Waals surface area contributed by atoms with E-state index < -0.39 is 36.4 Å². The van der Waals surface area contributed by atoms with E-state index in [1.165, 1.54) is 6.33 Å². The van der Waals surface area contributed by atoms with Gasteiger partial charge in [0.15, 0.2) is 23.2 Å². The minimum absolute atomic E-state index is 0.0632. The van der Waals surface area contributed by atoms with Crippen LogP contribution in [0.3, 0.4) is 0 Å². The number of ether oxygens (including phenoxy) is 5. The van der Waals surface area contributed by atoms with Gasteiger partial charge in [-0.05, 0) is 59.5 Å². The molecule has 3 aromatic heterocycles. The summed E-state index contributed by atoms with van der Waals surface area (Å²) in [6.07, 6.45) is 4.21. The SMILES string of the molecule is CCC(O[C@@H]1[C@H](O)[C@@H](COC(c2ccccc2)(c2ccc(OC)cc2)c2ccc(OC)cc2)O[C@H]1n1cnc2c(NC(=O)c3ccccc3)ncnc21)n1ccnc1. The van der Waals surface area contributed by atoms with E-state index in [-0.39, 0.29) is 18.3 Å². The van der Waals surface area contributed by atoms with Crippen molar-refractivity contribution in [3.05, 3.63) is 163 Å². The van der Waals surface area contributed by atoms with Gasteiger partial charge in [-0.1, -0.05) is 79.7 Å². The lowest BCUT2D eigenvalue weighted by molar-refractivity contribution is -0.126. The zero-order chi connectivity index (χ0) is 40.1.